The lowest BCUT2D eigenvalue weighted by Crippen LogP contribution is -2.32. The average Bonchev–Trinajstić information content (AvgIpc) is 2.27. The number of ether oxygens (including phenoxy) is 1. The number of hydrogen-bond acceptors (Lipinski definition) is 3. The molecule has 4 nitrogen and oxygen atoms in total. The molecule has 0 aromatic carbocycles. The molecule has 1 aliphatic rings. The van der Waals surface area contributed by atoms with E-state index in [2.05, 4.69) is 10.1 Å². The molecule has 15 heavy (non-hydrogen) atoms. The van der Waals surface area contributed by atoms with Gasteiger partial charge in [-0.15, -0.1) is 0 Å². The highest BCUT2D eigenvalue weighted by Crippen LogP contribution is 2.30. The standard InChI is InChI=1S/C11H22N2O2/c1-15-11(14)13-8-10-4-2-3-9(7-10)5-6-12/h9-10H,2-8,12H2,1H3,(H,13,14). The van der Waals surface area contributed by atoms with Crippen molar-refractivity contribution in [2.24, 2.45) is 17.6 Å². The molecule has 0 saturated heterocycles. The predicted octanol–water partition coefficient (Wildman–Crippen LogP) is 1.50. The molecule has 1 amide bonds. The summed E-state index contributed by atoms with van der Waals surface area (Å²) in [6, 6.07) is 0. The van der Waals surface area contributed by atoms with Crippen molar-refractivity contribution in [2.45, 2.75) is 32.1 Å². The number of carbonyl (C=O) groups is 1. The molecule has 1 saturated carbocycles. The van der Waals surface area contributed by atoms with Crippen LogP contribution in [0.4, 0.5) is 4.79 Å². The van der Waals surface area contributed by atoms with Crippen molar-refractivity contribution in [1.29, 1.82) is 0 Å². The molecule has 0 spiro atoms. The highest BCUT2D eigenvalue weighted by molar-refractivity contribution is 5.66. The zero-order valence-corrected chi connectivity index (χ0v) is 9.50. The van der Waals surface area contributed by atoms with Crippen LogP contribution in [0.2, 0.25) is 0 Å². The molecule has 4 heteroatoms. The summed E-state index contributed by atoms with van der Waals surface area (Å²) in [6.07, 6.45) is 5.77. The summed E-state index contributed by atoms with van der Waals surface area (Å²) in [5.41, 5.74) is 5.56. The maximum absolute atomic E-state index is 10.9. The van der Waals surface area contributed by atoms with Gasteiger partial charge in [-0.1, -0.05) is 12.8 Å². The fourth-order valence-electron chi connectivity index (χ4n) is 2.39. The molecule has 0 bridgehead atoms. The molecule has 2 atom stereocenters. The van der Waals surface area contributed by atoms with Gasteiger partial charge in [-0.25, -0.2) is 4.79 Å². The summed E-state index contributed by atoms with van der Waals surface area (Å²) in [7, 11) is 1.40. The lowest BCUT2D eigenvalue weighted by Gasteiger charge is -2.28. The molecule has 1 rings (SSSR count). The number of methoxy groups -OCH3 is 1. The second-order valence-electron chi connectivity index (χ2n) is 4.35. The Labute approximate surface area is 91.5 Å². The molecule has 0 aliphatic heterocycles. The third-order valence-corrected chi connectivity index (χ3v) is 3.19. The van der Waals surface area contributed by atoms with Crippen molar-refractivity contribution in [1.82, 2.24) is 5.32 Å². The predicted molar refractivity (Wildman–Crippen MR) is 59.5 cm³/mol. The van der Waals surface area contributed by atoms with Crippen LogP contribution in [-0.4, -0.2) is 26.3 Å². The van der Waals surface area contributed by atoms with E-state index < -0.39 is 0 Å². The Balaban J connectivity index is 2.21. The molecular weight excluding hydrogens is 192 g/mol. The van der Waals surface area contributed by atoms with E-state index in [-0.39, 0.29) is 6.09 Å². The summed E-state index contributed by atoms with van der Waals surface area (Å²) >= 11 is 0. The summed E-state index contributed by atoms with van der Waals surface area (Å²) in [5.74, 6) is 1.36. The number of hydrogen-bond donors (Lipinski definition) is 2. The van der Waals surface area contributed by atoms with Gasteiger partial charge in [0.1, 0.15) is 0 Å². The van der Waals surface area contributed by atoms with Crippen molar-refractivity contribution in [3.05, 3.63) is 0 Å². The number of nitrogens with two attached hydrogens (primary N) is 1. The first kappa shape index (κ1) is 12.3. The molecule has 0 radical (unpaired) electrons. The van der Waals surface area contributed by atoms with E-state index in [0.29, 0.717) is 5.92 Å². The van der Waals surface area contributed by atoms with Gasteiger partial charge in [-0.2, -0.15) is 0 Å². The molecule has 0 heterocycles. The van der Waals surface area contributed by atoms with Crippen molar-refractivity contribution >= 4 is 6.09 Å². The van der Waals surface area contributed by atoms with E-state index in [1.165, 1.54) is 32.8 Å². The van der Waals surface area contributed by atoms with Gasteiger partial charge in [-0.05, 0) is 37.6 Å². The van der Waals surface area contributed by atoms with E-state index in [0.717, 1.165) is 25.4 Å². The first-order chi connectivity index (χ1) is 7.26. The van der Waals surface area contributed by atoms with E-state index >= 15 is 0 Å². The normalized spacial score (nSPS) is 26.0. The van der Waals surface area contributed by atoms with E-state index in [1.807, 2.05) is 0 Å². The summed E-state index contributed by atoms with van der Waals surface area (Å²) in [6.45, 7) is 1.52. The summed E-state index contributed by atoms with van der Waals surface area (Å²) in [4.78, 5) is 10.9. The Bertz CT molecular complexity index is 195. The van der Waals surface area contributed by atoms with Gasteiger partial charge in [0.05, 0.1) is 7.11 Å². The topological polar surface area (TPSA) is 64.3 Å². The SMILES string of the molecule is COC(=O)NCC1CCCC(CCN)C1. The summed E-state index contributed by atoms with van der Waals surface area (Å²) < 4.78 is 4.55. The van der Waals surface area contributed by atoms with Crippen LogP contribution in [0, 0.1) is 11.8 Å². The molecule has 1 fully saturated rings. The van der Waals surface area contributed by atoms with Crippen molar-refractivity contribution in [3.8, 4) is 0 Å². The lowest BCUT2D eigenvalue weighted by atomic mass is 9.80. The van der Waals surface area contributed by atoms with Crippen molar-refractivity contribution in [3.63, 3.8) is 0 Å². The first-order valence-corrected chi connectivity index (χ1v) is 5.78. The summed E-state index contributed by atoms with van der Waals surface area (Å²) in [5, 5.41) is 2.77. The minimum absolute atomic E-state index is 0.323. The number of amides is 1. The Morgan fingerprint density at radius 2 is 2.20 bits per heavy atom. The highest BCUT2D eigenvalue weighted by Gasteiger charge is 2.21. The fraction of sp³-hybridized carbons (Fsp3) is 0.909. The van der Waals surface area contributed by atoms with Gasteiger partial charge in [0, 0.05) is 6.54 Å². The lowest BCUT2D eigenvalue weighted by molar-refractivity contribution is 0.165. The van der Waals surface area contributed by atoms with Gasteiger partial charge in [0.15, 0.2) is 0 Å². The fourth-order valence-corrected chi connectivity index (χ4v) is 2.39. The number of alkyl carbamates (subject to hydrolysis) is 1. The zero-order chi connectivity index (χ0) is 11.1. The van der Waals surface area contributed by atoms with E-state index in [1.54, 1.807) is 0 Å². The van der Waals surface area contributed by atoms with E-state index in [9.17, 15) is 4.79 Å². The Morgan fingerprint density at radius 1 is 1.47 bits per heavy atom. The molecule has 1 aliphatic carbocycles. The quantitative estimate of drug-likeness (QED) is 0.745. The smallest absolute Gasteiger partial charge is 0.406 e. The van der Waals surface area contributed by atoms with Crippen LogP contribution in [-0.2, 0) is 4.74 Å². The van der Waals surface area contributed by atoms with Gasteiger partial charge >= 0.3 is 6.09 Å². The maximum Gasteiger partial charge on any atom is 0.406 e. The van der Waals surface area contributed by atoms with Crippen molar-refractivity contribution < 1.29 is 9.53 Å². The average molecular weight is 214 g/mol. The second kappa shape index (κ2) is 6.67. The molecule has 0 aromatic rings. The molecule has 0 aromatic heterocycles. The van der Waals surface area contributed by atoms with Gasteiger partial charge in [0.25, 0.3) is 0 Å². The number of rotatable bonds is 4. The Morgan fingerprint density at radius 3 is 2.87 bits per heavy atom. The van der Waals surface area contributed by atoms with Crippen LogP contribution < -0.4 is 11.1 Å². The van der Waals surface area contributed by atoms with Crippen LogP contribution >= 0.6 is 0 Å². The maximum atomic E-state index is 10.9. The van der Waals surface area contributed by atoms with Gasteiger partial charge in [0.2, 0.25) is 0 Å². The molecule has 3 N–H and O–H groups in total. The minimum atomic E-state index is -0.323. The van der Waals surface area contributed by atoms with Gasteiger partial charge < -0.3 is 15.8 Å². The van der Waals surface area contributed by atoms with Crippen LogP contribution in [0.5, 0.6) is 0 Å². The van der Waals surface area contributed by atoms with Crippen LogP contribution in [0.15, 0.2) is 0 Å². The van der Waals surface area contributed by atoms with Crippen LogP contribution in [0.3, 0.4) is 0 Å². The zero-order valence-electron chi connectivity index (χ0n) is 9.50. The molecular formula is C11H22N2O2. The largest absolute Gasteiger partial charge is 0.453 e. The Kier molecular flexibility index (Phi) is 5.47. The third-order valence-electron chi connectivity index (χ3n) is 3.19. The molecule has 2 unspecified atom stereocenters. The van der Waals surface area contributed by atoms with Crippen LogP contribution in [0.1, 0.15) is 32.1 Å². The van der Waals surface area contributed by atoms with Crippen molar-refractivity contribution in [2.75, 3.05) is 20.2 Å². The Hall–Kier alpha value is -0.770. The second-order valence-corrected chi connectivity index (χ2v) is 4.35. The first-order valence-electron chi connectivity index (χ1n) is 5.78. The monoisotopic (exact) mass is 214 g/mol. The highest BCUT2D eigenvalue weighted by atomic mass is 16.5. The third kappa shape index (κ3) is 4.51. The minimum Gasteiger partial charge on any atom is -0.453 e. The molecule has 88 valence electrons. The van der Waals surface area contributed by atoms with Crippen LogP contribution in [0.25, 0.3) is 0 Å². The van der Waals surface area contributed by atoms with Gasteiger partial charge in [-0.3, -0.25) is 0 Å². The van der Waals surface area contributed by atoms with E-state index in [4.69, 9.17) is 5.73 Å². The number of nitrogens with one attached hydrogen (secondary N) is 1. The number of carbonyl (C=O) groups excluding carboxylic acids is 1.